The van der Waals surface area contributed by atoms with Crippen LogP contribution < -0.4 is 30.3 Å². The van der Waals surface area contributed by atoms with Gasteiger partial charge in [-0.1, -0.05) is 88.2 Å². The zero-order valence-electron chi connectivity index (χ0n) is 59.7. The molecule has 0 spiro atoms. The van der Waals surface area contributed by atoms with Gasteiger partial charge in [0.25, 0.3) is 21.6 Å². The predicted octanol–water partition coefficient (Wildman–Crippen LogP) is 12.5. The first-order chi connectivity index (χ1) is 48.8. The van der Waals surface area contributed by atoms with E-state index in [1.54, 1.807) is 46.7 Å². The van der Waals surface area contributed by atoms with Crippen LogP contribution in [-0.2, 0) is 19.6 Å². The van der Waals surface area contributed by atoms with Crippen molar-refractivity contribution in [3.8, 4) is 21.9 Å². The number of fused-ring (bicyclic) bond motifs is 1. The number of hydrogen-bond donors (Lipinski definition) is 6. The topological polar surface area (TPSA) is 264 Å². The van der Waals surface area contributed by atoms with E-state index in [2.05, 4.69) is 81.2 Å². The van der Waals surface area contributed by atoms with Crippen LogP contribution in [0.1, 0.15) is 139 Å². The first kappa shape index (κ1) is 73.9. The van der Waals surface area contributed by atoms with Crippen molar-refractivity contribution in [1.29, 1.82) is 0 Å². The smallest absolute Gasteiger partial charge is 0.293 e. The number of carbonyl (C=O) groups is 3. The molecular formula is C77H98ClN13O9S2. The summed E-state index contributed by atoms with van der Waals surface area (Å²) in [6.07, 6.45) is 11.6. The number of nitro groups is 1. The number of aromatic nitrogens is 3. The molecule has 6 N–H and O–H groups in total. The summed E-state index contributed by atoms with van der Waals surface area (Å²) >= 11 is 7.89. The van der Waals surface area contributed by atoms with Crippen LogP contribution >= 0.6 is 22.9 Å². The molecule has 12 rings (SSSR count). The number of aryl methyl sites for hydroxylation is 1. The Morgan fingerprint density at radius 3 is 2.31 bits per heavy atom. The number of benzene rings is 4. The molecule has 0 radical (unpaired) electrons. The lowest BCUT2D eigenvalue weighted by molar-refractivity contribution is -0.384. The summed E-state index contributed by atoms with van der Waals surface area (Å²) in [5.74, 6) is -0.690. The van der Waals surface area contributed by atoms with Gasteiger partial charge in [-0.3, -0.25) is 34.3 Å². The highest BCUT2D eigenvalue weighted by Gasteiger charge is 2.44. The van der Waals surface area contributed by atoms with E-state index in [-0.39, 0.29) is 59.2 Å². The molecule has 0 unspecified atom stereocenters. The Hall–Kier alpha value is -7.81. The van der Waals surface area contributed by atoms with Crippen molar-refractivity contribution in [3.63, 3.8) is 0 Å². The summed E-state index contributed by atoms with van der Waals surface area (Å²) in [6.45, 7) is 24.6. The number of nitrogens with one attached hydrogen (secondary N) is 5. The SMILES string of the molecule is Cc1ncsc1-c1ccc([C@H](C)NC(=O)[C@@H]2C[C@@H](O)CN2C(=O)[C@@H](NCCCCN2CCN(C3CCC(CNc4ccc(S(=O)(=O)NC(=O)c5ccc(N6CCN(CC7=C(c8ccc(Cl)cc8)CC(C)(C)CC7)CC6)cc5Oc5cnc6[nH]ccc6c5)cc4[N+](=O)[O-])CC3)CC2)C(C)(C)C)cc1. The fourth-order valence-corrected chi connectivity index (χ4v) is 17.3. The second kappa shape index (κ2) is 32.1. The molecule has 3 amide bonds. The molecule has 1 saturated carbocycles. The molecule has 3 aliphatic heterocycles. The summed E-state index contributed by atoms with van der Waals surface area (Å²) in [6, 6.07) is 27.5. The summed E-state index contributed by atoms with van der Waals surface area (Å²) in [5.41, 5.74) is 9.86. The number of pyridine rings is 1. The monoisotopic (exact) mass is 1450 g/mol. The minimum atomic E-state index is -4.63. The number of anilines is 2. The van der Waals surface area contributed by atoms with Gasteiger partial charge in [0.1, 0.15) is 28.9 Å². The summed E-state index contributed by atoms with van der Waals surface area (Å²) < 4.78 is 36.8. The van der Waals surface area contributed by atoms with Crippen LogP contribution in [0, 0.1) is 33.8 Å². The molecule has 3 aromatic heterocycles. The van der Waals surface area contributed by atoms with Gasteiger partial charge < -0.3 is 45.5 Å². The molecule has 544 valence electrons. The van der Waals surface area contributed by atoms with Gasteiger partial charge in [-0.25, -0.2) is 23.1 Å². The third-order valence-corrected chi connectivity index (χ3v) is 23.9. The summed E-state index contributed by atoms with van der Waals surface area (Å²) in [5, 5.41) is 34.9. The van der Waals surface area contributed by atoms with Gasteiger partial charge in [0.2, 0.25) is 11.8 Å². The molecule has 4 fully saturated rings. The average Bonchev–Trinajstić information content (AvgIpc) is 0.848. The predicted molar refractivity (Wildman–Crippen MR) is 403 cm³/mol. The first-order valence-corrected chi connectivity index (χ1v) is 38.8. The van der Waals surface area contributed by atoms with E-state index in [4.69, 9.17) is 16.3 Å². The van der Waals surface area contributed by atoms with Crippen LogP contribution in [0.15, 0.2) is 125 Å². The molecule has 0 bridgehead atoms. The highest BCUT2D eigenvalue weighted by molar-refractivity contribution is 7.90. The molecule has 4 atom stereocenters. The number of nitro benzene ring substituents is 1. The number of halogens is 1. The normalized spacial score (nSPS) is 20.9. The standard InChI is InChI=1S/C77H98ClN13O9S2/c1-50(53-12-14-55(15-13-53)70-51(2)83-49-101-70)84-74(94)68-42-61(92)48-90(68)75(95)71(76(3,4)5)79-29-8-9-31-86-32-36-88(37-33-86)59-20-10-52(11-21-59)45-81-66-25-23-63(43-67(66)91(96)97)102(98,99)85-73(93)64-24-22-60(41-69(64)100-62-40-56-27-30-80-72(56)82-46-62)89-38-34-87(35-39-89)47-57-26-28-77(6,7)44-65(57)54-16-18-58(78)19-17-54/h12-19,22-25,27,30,40-41,43,46,49-50,52,59,61,68,71,79,81,92H,8-11,20-21,26,28-29,31-39,42,44-45,47-48H2,1-7H3,(H,80,82)(H,84,94)(H,85,93)/t50-,52?,59?,61+,68-,71+/m0/s1. The number of H-pyrrole nitrogens is 1. The van der Waals surface area contributed by atoms with E-state index in [1.165, 1.54) is 35.0 Å². The van der Waals surface area contributed by atoms with Gasteiger partial charge in [0.05, 0.1) is 55.8 Å². The Labute approximate surface area is 608 Å². The van der Waals surface area contributed by atoms with E-state index in [0.29, 0.717) is 43.6 Å². The number of aromatic amines is 1. The number of hydrogen-bond acceptors (Lipinski definition) is 18. The third kappa shape index (κ3) is 18.0. The van der Waals surface area contributed by atoms with Crippen molar-refractivity contribution in [2.45, 2.75) is 148 Å². The molecule has 4 aromatic carbocycles. The second-order valence-corrected chi connectivity index (χ2v) is 33.3. The summed E-state index contributed by atoms with van der Waals surface area (Å²) in [7, 11) is -4.63. The van der Waals surface area contributed by atoms with Crippen LogP contribution in [0.4, 0.5) is 17.1 Å². The molecule has 2 aliphatic carbocycles. The Morgan fingerprint density at radius 1 is 0.882 bits per heavy atom. The van der Waals surface area contributed by atoms with Crippen LogP contribution in [0.3, 0.4) is 0 Å². The van der Waals surface area contributed by atoms with Crippen molar-refractivity contribution < 1.29 is 37.6 Å². The highest BCUT2D eigenvalue weighted by atomic mass is 35.5. The number of nitrogens with zero attached hydrogens (tertiary/aromatic N) is 8. The van der Waals surface area contributed by atoms with Gasteiger partial charge in [0.15, 0.2) is 0 Å². The Kier molecular flexibility index (Phi) is 23.2. The number of piperazine rings is 2. The fourth-order valence-electron chi connectivity index (χ4n) is 15.4. The molecule has 102 heavy (non-hydrogen) atoms. The Balaban J connectivity index is 0.590. The maximum absolute atomic E-state index is 14.3. The lowest BCUT2D eigenvalue weighted by atomic mass is 9.72. The van der Waals surface area contributed by atoms with Gasteiger partial charge in [-0.05, 0) is 172 Å². The van der Waals surface area contributed by atoms with E-state index in [0.717, 1.165) is 154 Å². The van der Waals surface area contributed by atoms with Crippen LogP contribution in [0.2, 0.25) is 5.02 Å². The largest absolute Gasteiger partial charge is 0.455 e. The zero-order chi connectivity index (χ0) is 72.0. The van der Waals surface area contributed by atoms with Gasteiger partial charge in [-0.2, -0.15) is 0 Å². The van der Waals surface area contributed by atoms with E-state index in [9.17, 15) is 38.0 Å². The molecule has 7 aromatic rings. The van der Waals surface area contributed by atoms with Crippen molar-refractivity contribution in [3.05, 3.63) is 158 Å². The van der Waals surface area contributed by atoms with Gasteiger partial charge >= 0.3 is 0 Å². The first-order valence-electron chi connectivity index (χ1n) is 36.1. The lowest BCUT2D eigenvalue weighted by Crippen LogP contribution is -2.57. The van der Waals surface area contributed by atoms with Crippen LogP contribution in [-0.4, -0.2) is 180 Å². The van der Waals surface area contributed by atoms with Crippen molar-refractivity contribution in [1.82, 2.24) is 49.9 Å². The minimum Gasteiger partial charge on any atom is -0.455 e. The number of aliphatic hydroxyl groups excluding tert-OH is 1. The number of β-amino-alcohol motifs (C(OH)–C–C–N with tert-alkyl or cyclic N) is 1. The van der Waals surface area contributed by atoms with Gasteiger partial charge in [-0.15, -0.1) is 11.3 Å². The molecule has 25 heteroatoms. The maximum Gasteiger partial charge on any atom is 0.293 e. The fraction of sp³-hybridized carbons (Fsp3) is 0.494. The number of ether oxygens (including phenoxy) is 1. The molecule has 22 nitrogen and oxygen atoms in total. The van der Waals surface area contributed by atoms with Gasteiger partial charge in [0, 0.05) is 119 Å². The molecular weight excluding hydrogens is 1350 g/mol. The molecule has 5 aliphatic rings. The number of sulfonamides is 1. The quantitative estimate of drug-likeness (QED) is 0.0176. The van der Waals surface area contributed by atoms with E-state index < -0.39 is 55.0 Å². The minimum absolute atomic E-state index is 0.0474. The number of likely N-dealkylation sites (tertiary alicyclic amines) is 1. The Morgan fingerprint density at radius 2 is 1.61 bits per heavy atom. The number of allylic oxidation sites excluding steroid dienone is 1. The third-order valence-electron chi connectivity index (χ3n) is 21.4. The lowest BCUT2D eigenvalue weighted by Gasteiger charge is -2.42. The number of thiazole rings is 1. The number of amides is 3. The Bertz CT molecular complexity index is 4270. The number of aliphatic hydroxyl groups is 1. The van der Waals surface area contributed by atoms with Crippen molar-refractivity contribution >= 4 is 84.4 Å². The molecule has 3 saturated heterocycles. The zero-order valence-corrected chi connectivity index (χ0v) is 62.1. The van der Waals surface area contributed by atoms with E-state index in [1.807, 2.05) is 82.6 Å². The number of carbonyl (C=O) groups excluding carboxylic acids is 3. The maximum atomic E-state index is 14.3. The molecule has 6 heterocycles. The van der Waals surface area contributed by atoms with E-state index >= 15 is 0 Å². The second-order valence-electron chi connectivity index (χ2n) is 30.3. The number of unbranched alkanes of at least 4 members (excludes halogenated alkanes) is 1. The van der Waals surface area contributed by atoms with Crippen molar-refractivity contribution in [2.24, 2.45) is 16.7 Å². The average molecular weight is 1450 g/mol. The highest BCUT2D eigenvalue weighted by Crippen LogP contribution is 2.44. The number of rotatable bonds is 25. The van der Waals surface area contributed by atoms with Crippen LogP contribution in [0.25, 0.3) is 27.0 Å². The van der Waals surface area contributed by atoms with Crippen LogP contribution in [0.5, 0.6) is 11.5 Å². The van der Waals surface area contributed by atoms with Crippen molar-refractivity contribution in [2.75, 3.05) is 95.3 Å². The summed E-state index contributed by atoms with van der Waals surface area (Å²) in [4.78, 5) is 78.4.